The van der Waals surface area contributed by atoms with Crippen molar-refractivity contribution >= 4 is 50.7 Å². The Kier molecular flexibility index (Phi) is 13.2. The lowest BCUT2D eigenvalue weighted by molar-refractivity contribution is -0.144. The number of thioether (sulfide) groups is 1. The number of aromatic nitrogens is 3. The minimum Gasteiger partial charge on any atom is -0.465 e. The van der Waals surface area contributed by atoms with Crippen LogP contribution in [0.15, 0.2) is 76.8 Å². The average Bonchev–Trinajstić information content (AvgIpc) is 3.52. The number of para-hydroxylation sites is 1. The summed E-state index contributed by atoms with van der Waals surface area (Å²) >= 11 is 1.43. The van der Waals surface area contributed by atoms with Crippen LogP contribution < -0.4 is 5.32 Å². The smallest absolute Gasteiger partial charge is 0.410 e. The van der Waals surface area contributed by atoms with E-state index in [9.17, 15) is 18.0 Å². The van der Waals surface area contributed by atoms with Crippen LogP contribution in [0.1, 0.15) is 79.6 Å². The van der Waals surface area contributed by atoms with Crippen molar-refractivity contribution in [3.05, 3.63) is 67.0 Å². The van der Waals surface area contributed by atoms with Gasteiger partial charge in [-0.3, -0.25) is 4.79 Å². The summed E-state index contributed by atoms with van der Waals surface area (Å²) in [6, 6.07) is 15.5. The highest BCUT2D eigenvalue weighted by Gasteiger charge is 2.29. The number of benzene rings is 2. The Morgan fingerprint density at radius 2 is 1.83 bits per heavy atom. The molecule has 2 atom stereocenters. The number of hydrogen-bond acceptors (Lipinski definition) is 10. The second-order valence-corrected chi connectivity index (χ2v) is 17.1. The Labute approximate surface area is 311 Å². The molecular formula is C39H51N5O6S2. The van der Waals surface area contributed by atoms with E-state index in [4.69, 9.17) is 14.5 Å². The number of amides is 1. The molecule has 1 N–H and O–H groups in total. The molecular weight excluding hydrogens is 699 g/mol. The van der Waals surface area contributed by atoms with Gasteiger partial charge in [-0.25, -0.2) is 27.2 Å². The van der Waals surface area contributed by atoms with Crippen LogP contribution in [-0.2, 0) is 24.3 Å². The maximum absolute atomic E-state index is 13.9. The van der Waals surface area contributed by atoms with E-state index in [-0.39, 0.29) is 29.4 Å². The molecule has 0 aliphatic carbocycles. The van der Waals surface area contributed by atoms with E-state index in [1.807, 2.05) is 39.0 Å². The number of nitrogens with zero attached hydrogens (tertiary/aromatic N) is 4. The number of esters is 1. The number of rotatable bonds is 15. The van der Waals surface area contributed by atoms with Crippen LogP contribution in [-0.4, -0.2) is 76.4 Å². The van der Waals surface area contributed by atoms with Gasteiger partial charge in [-0.1, -0.05) is 69.5 Å². The fourth-order valence-electron chi connectivity index (χ4n) is 6.18. The summed E-state index contributed by atoms with van der Waals surface area (Å²) in [5.41, 5.74) is 1.08. The first kappa shape index (κ1) is 39.1. The molecule has 0 unspecified atom stereocenters. The molecule has 1 saturated heterocycles. The summed E-state index contributed by atoms with van der Waals surface area (Å²) in [5.74, 6) is 0.902. The number of piperidine rings is 1. The Bertz CT molecular complexity index is 1930. The van der Waals surface area contributed by atoms with Gasteiger partial charge in [0.2, 0.25) is 5.95 Å². The monoisotopic (exact) mass is 749 g/mol. The van der Waals surface area contributed by atoms with Crippen molar-refractivity contribution in [2.45, 2.75) is 101 Å². The molecule has 1 aliphatic heterocycles. The third-order valence-electron chi connectivity index (χ3n) is 8.98. The predicted octanol–water partition coefficient (Wildman–Crippen LogP) is 8.39. The number of anilines is 1. The van der Waals surface area contributed by atoms with Gasteiger partial charge in [-0.15, -0.1) is 11.8 Å². The van der Waals surface area contributed by atoms with Crippen molar-refractivity contribution in [3.8, 4) is 11.3 Å². The van der Waals surface area contributed by atoms with Crippen LogP contribution in [0, 0.1) is 5.92 Å². The van der Waals surface area contributed by atoms with Crippen molar-refractivity contribution in [2.24, 2.45) is 5.92 Å². The Hall–Kier alpha value is -4.10. The van der Waals surface area contributed by atoms with Gasteiger partial charge in [0.05, 0.1) is 34.0 Å². The number of ether oxygens (including phenoxy) is 2. The maximum Gasteiger partial charge on any atom is 0.410 e. The number of unbranched alkanes of at least 4 members (excludes halogenated alkanes) is 1. The molecule has 1 fully saturated rings. The third-order valence-corrected chi connectivity index (χ3v) is 11.7. The van der Waals surface area contributed by atoms with Crippen LogP contribution in [0.4, 0.5) is 10.7 Å². The summed E-state index contributed by atoms with van der Waals surface area (Å²) in [6.45, 7) is 11.3. The van der Waals surface area contributed by atoms with Gasteiger partial charge in [0.1, 0.15) is 5.60 Å². The number of carbonyl (C=O) groups is 2. The van der Waals surface area contributed by atoms with E-state index in [0.29, 0.717) is 64.4 Å². The molecule has 13 heteroatoms. The second-order valence-electron chi connectivity index (χ2n) is 14.2. The Morgan fingerprint density at radius 1 is 1.08 bits per heavy atom. The summed E-state index contributed by atoms with van der Waals surface area (Å²) < 4.78 is 40.4. The zero-order valence-corrected chi connectivity index (χ0v) is 32.5. The van der Waals surface area contributed by atoms with E-state index in [1.165, 1.54) is 15.7 Å². The second kappa shape index (κ2) is 17.6. The molecule has 2 aromatic heterocycles. The largest absolute Gasteiger partial charge is 0.465 e. The topological polar surface area (TPSA) is 133 Å². The first-order valence-corrected chi connectivity index (χ1v) is 20.6. The summed E-state index contributed by atoms with van der Waals surface area (Å²) in [4.78, 5) is 37.8. The van der Waals surface area contributed by atoms with E-state index in [1.54, 1.807) is 53.7 Å². The molecule has 280 valence electrons. The molecule has 1 aliphatic rings. The van der Waals surface area contributed by atoms with Crippen LogP contribution in [0.5, 0.6) is 0 Å². The zero-order chi connectivity index (χ0) is 37.3. The zero-order valence-electron chi connectivity index (χ0n) is 30.8. The lowest BCUT2D eigenvalue weighted by atomic mass is 10.0. The van der Waals surface area contributed by atoms with Crippen molar-refractivity contribution in [1.29, 1.82) is 0 Å². The molecule has 0 bridgehead atoms. The number of hydrogen-bond donors (Lipinski definition) is 1. The highest BCUT2D eigenvalue weighted by Crippen LogP contribution is 2.38. The van der Waals surface area contributed by atoms with Crippen molar-refractivity contribution < 1.29 is 27.5 Å². The van der Waals surface area contributed by atoms with E-state index < -0.39 is 15.6 Å². The quantitative estimate of drug-likeness (QED) is 0.0934. The maximum atomic E-state index is 13.9. The van der Waals surface area contributed by atoms with Crippen LogP contribution in [0.2, 0.25) is 0 Å². The van der Waals surface area contributed by atoms with Crippen molar-refractivity contribution in [2.75, 3.05) is 30.8 Å². The lowest BCUT2D eigenvalue weighted by Gasteiger charge is -2.34. The van der Waals surface area contributed by atoms with Crippen LogP contribution in [0.3, 0.4) is 0 Å². The average molecular weight is 750 g/mol. The molecule has 3 heterocycles. The first-order valence-electron chi connectivity index (χ1n) is 18.2. The van der Waals surface area contributed by atoms with E-state index in [2.05, 4.69) is 24.1 Å². The Balaban J connectivity index is 1.43. The van der Waals surface area contributed by atoms with Crippen molar-refractivity contribution in [3.63, 3.8) is 0 Å². The van der Waals surface area contributed by atoms with Crippen LogP contribution in [0.25, 0.3) is 22.2 Å². The number of fused-ring (bicyclic) bond motifs is 1. The summed E-state index contributed by atoms with van der Waals surface area (Å²) in [5, 5.41) is 4.13. The van der Waals surface area contributed by atoms with Crippen LogP contribution >= 0.6 is 11.8 Å². The van der Waals surface area contributed by atoms with E-state index >= 15 is 0 Å². The van der Waals surface area contributed by atoms with Gasteiger partial charge in [-0.05, 0) is 64.2 Å². The lowest BCUT2D eigenvalue weighted by Crippen LogP contribution is -2.47. The molecule has 0 radical (unpaired) electrons. The molecule has 0 saturated carbocycles. The van der Waals surface area contributed by atoms with Crippen molar-refractivity contribution in [1.82, 2.24) is 18.8 Å². The Morgan fingerprint density at radius 3 is 2.56 bits per heavy atom. The van der Waals surface area contributed by atoms with Gasteiger partial charge in [-0.2, -0.15) is 0 Å². The molecule has 11 nitrogen and oxygen atoms in total. The fourth-order valence-corrected chi connectivity index (χ4v) is 8.48. The normalized spacial score (nSPS) is 15.7. The van der Waals surface area contributed by atoms with Gasteiger partial charge >= 0.3 is 12.1 Å². The molecule has 1 amide bonds. The minimum absolute atomic E-state index is 0.119. The molecule has 0 spiro atoms. The highest BCUT2D eigenvalue weighted by atomic mass is 32.2. The highest BCUT2D eigenvalue weighted by molar-refractivity contribution is 7.99. The summed E-state index contributed by atoms with van der Waals surface area (Å²) in [7, 11) is -3.94. The number of likely N-dealkylation sites (tertiary alicyclic amines) is 1. The van der Waals surface area contributed by atoms with Gasteiger partial charge in [0, 0.05) is 48.2 Å². The molecule has 5 rings (SSSR count). The first-order chi connectivity index (χ1) is 24.9. The standard InChI is InChI=1S/C39H51N5O6S2/c1-6-8-15-28(7-2)27-49-35(45)21-23-51-34-24-40-37(41-29-16-14-22-43(25-29)38(46)50-39(3,4)5)42-36(34)32-26-44(33-20-13-12-19-31(32)33)52(47,48)30-17-10-9-11-18-30/h9-13,17-20,24,26,28-29H,6-8,14-16,21-23,25,27H2,1-5H3,(H,40,41,42)/t28-,29-/m0/s1. The van der Waals surface area contributed by atoms with Gasteiger partial charge in [0.15, 0.2) is 0 Å². The number of carbonyl (C=O) groups excluding carboxylic acids is 2. The predicted molar refractivity (Wildman–Crippen MR) is 206 cm³/mol. The molecule has 2 aromatic carbocycles. The molecule has 52 heavy (non-hydrogen) atoms. The van der Waals surface area contributed by atoms with Gasteiger partial charge < -0.3 is 19.7 Å². The third kappa shape index (κ3) is 10.1. The van der Waals surface area contributed by atoms with Gasteiger partial charge in [0.25, 0.3) is 10.0 Å². The number of nitrogens with one attached hydrogen (secondary N) is 1. The van der Waals surface area contributed by atoms with E-state index in [0.717, 1.165) is 38.5 Å². The minimum atomic E-state index is -3.94. The summed E-state index contributed by atoms with van der Waals surface area (Å²) in [6.07, 6.45) is 9.02. The fraction of sp³-hybridized carbons (Fsp3) is 0.487. The molecule has 4 aromatic rings. The SMILES string of the molecule is CCCC[C@H](CC)COC(=O)CCSc1cnc(N[C@H]2CCCN(C(=O)OC(C)(C)C)C2)nc1-c1cn(S(=O)(=O)c2ccccc2)c2ccccc12.